The van der Waals surface area contributed by atoms with Crippen LogP contribution in [0.5, 0.6) is 5.75 Å². The lowest BCUT2D eigenvalue weighted by atomic mass is 10.1. The molecule has 0 amide bonds. The molecule has 0 fully saturated rings. The summed E-state index contributed by atoms with van der Waals surface area (Å²) >= 11 is 0. The fraction of sp³-hybridized carbons (Fsp3) is 0.200. The number of halogens is 1. The number of ether oxygens (including phenoxy) is 1. The molecule has 2 aromatic rings. The van der Waals surface area contributed by atoms with Gasteiger partial charge in [-0.2, -0.15) is 0 Å². The lowest BCUT2D eigenvalue weighted by molar-refractivity contribution is 0.141. The first-order chi connectivity index (χ1) is 9.29. The van der Waals surface area contributed by atoms with Gasteiger partial charge in [0.1, 0.15) is 6.61 Å². The Balaban J connectivity index is 1.97. The topological polar surface area (TPSA) is 44.5 Å². The fourth-order valence-electron chi connectivity index (χ4n) is 1.73. The third kappa shape index (κ3) is 4.05. The highest BCUT2D eigenvalue weighted by Crippen LogP contribution is 2.20. The van der Waals surface area contributed by atoms with Gasteiger partial charge in [0.05, 0.1) is 6.61 Å². The summed E-state index contributed by atoms with van der Waals surface area (Å²) in [5.74, 6) is 4.82. The van der Waals surface area contributed by atoms with Gasteiger partial charge in [-0.25, -0.2) is 10.3 Å². The van der Waals surface area contributed by atoms with Crippen molar-refractivity contribution in [2.45, 2.75) is 13.0 Å². The highest BCUT2D eigenvalue weighted by Gasteiger charge is 2.05. The predicted octanol–water partition coefficient (Wildman–Crippen LogP) is 2.84. The number of benzene rings is 2. The molecule has 0 aliphatic heterocycles. The van der Waals surface area contributed by atoms with E-state index in [9.17, 15) is 4.39 Å². The standard InChI is InChI=1S/C15H16FNO2/c16-14-10-12(8-9-19-17)6-7-15(14)18-11-13-4-2-1-3-5-13/h1-7,10H,8-9,11,17H2. The van der Waals surface area contributed by atoms with Crippen LogP contribution in [0.2, 0.25) is 0 Å². The Morgan fingerprint density at radius 3 is 2.47 bits per heavy atom. The van der Waals surface area contributed by atoms with Crippen molar-refractivity contribution in [1.82, 2.24) is 0 Å². The van der Waals surface area contributed by atoms with Crippen LogP contribution in [-0.2, 0) is 17.9 Å². The Kier molecular flexibility index (Phi) is 4.89. The van der Waals surface area contributed by atoms with Gasteiger partial charge in [-0.15, -0.1) is 0 Å². The highest BCUT2D eigenvalue weighted by molar-refractivity contribution is 5.30. The zero-order chi connectivity index (χ0) is 13.5. The lowest BCUT2D eigenvalue weighted by Gasteiger charge is -2.08. The first-order valence-electron chi connectivity index (χ1n) is 6.06. The minimum absolute atomic E-state index is 0.251. The van der Waals surface area contributed by atoms with E-state index in [0.717, 1.165) is 11.1 Å². The summed E-state index contributed by atoms with van der Waals surface area (Å²) in [5.41, 5.74) is 1.83. The second kappa shape index (κ2) is 6.87. The molecule has 0 atom stereocenters. The predicted molar refractivity (Wildman–Crippen MR) is 71.0 cm³/mol. The van der Waals surface area contributed by atoms with Gasteiger partial charge in [0.15, 0.2) is 11.6 Å². The maximum atomic E-state index is 13.8. The van der Waals surface area contributed by atoms with E-state index in [1.54, 1.807) is 6.07 Å². The molecule has 0 bridgehead atoms. The third-order valence-electron chi connectivity index (χ3n) is 2.74. The molecule has 0 saturated carbocycles. The Morgan fingerprint density at radius 1 is 1.00 bits per heavy atom. The molecule has 2 aromatic carbocycles. The minimum atomic E-state index is -0.370. The Labute approximate surface area is 111 Å². The Bertz CT molecular complexity index is 517. The molecule has 0 saturated heterocycles. The van der Waals surface area contributed by atoms with Crippen LogP contribution in [0.3, 0.4) is 0 Å². The molecule has 0 heterocycles. The maximum absolute atomic E-state index is 13.8. The fourth-order valence-corrected chi connectivity index (χ4v) is 1.73. The van der Waals surface area contributed by atoms with Crippen LogP contribution in [0, 0.1) is 5.82 Å². The quantitative estimate of drug-likeness (QED) is 0.813. The molecule has 0 aromatic heterocycles. The number of nitrogens with two attached hydrogens (primary N) is 1. The summed E-state index contributed by atoms with van der Waals surface area (Å²) in [6, 6.07) is 14.5. The van der Waals surface area contributed by atoms with Crippen molar-refractivity contribution in [1.29, 1.82) is 0 Å². The zero-order valence-corrected chi connectivity index (χ0v) is 10.5. The van der Waals surface area contributed by atoms with Gasteiger partial charge in [-0.05, 0) is 29.7 Å². The summed E-state index contributed by atoms with van der Waals surface area (Å²) in [6.07, 6.45) is 0.576. The van der Waals surface area contributed by atoms with Crippen molar-refractivity contribution in [3.05, 3.63) is 65.5 Å². The molecular weight excluding hydrogens is 245 g/mol. The second-order valence-electron chi connectivity index (χ2n) is 4.16. The van der Waals surface area contributed by atoms with E-state index in [1.807, 2.05) is 36.4 Å². The van der Waals surface area contributed by atoms with Crippen LogP contribution >= 0.6 is 0 Å². The lowest BCUT2D eigenvalue weighted by Crippen LogP contribution is -2.04. The van der Waals surface area contributed by atoms with E-state index in [4.69, 9.17) is 10.6 Å². The molecule has 2 rings (SSSR count). The van der Waals surface area contributed by atoms with Crippen LogP contribution in [-0.4, -0.2) is 6.61 Å². The SMILES string of the molecule is NOCCc1ccc(OCc2ccccc2)c(F)c1. The second-order valence-corrected chi connectivity index (χ2v) is 4.16. The molecule has 100 valence electrons. The van der Waals surface area contributed by atoms with Crippen molar-refractivity contribution in [3.8, 4) is 5.75 Å². The van der Waals surface area contributed by atoms with Crippen LogP contribution in [0.4, 0.5) is 4.39 Å². The minimum Gasteiger partial charge on any atom is -0.486 e. The van der Waals surface area contributed by atoms with Crippen molar-refractivity contribution in [3.63, 3.8) is 0 Å². The molecule has 0 radical (unpaired) electrons. The molecule has 2 N–H and O–H groups in total. The van der Waals surface area contributed by atoms with Crippen LogP contribution in [0.15, 0.2) is 48.5 Å². The molecule has 3 nitrogen and oxygen atoms in total. The van der Waals surface area contributed by atoms with Crippen LogP contribution in [0.25, 0.3) is 0 Å². The van der Waals surface area contributed by atoms with Crippen molar-refractivity contribution >= 4 is 0 Å². The number of hydrogen-bond acceptors (Lipinski definition) is 3. The smallest absolute Gasteiger partial charge is 0.165 e. The van der Waals surface area contributed by atoms with Crippen LogP contribution < -0.4 is 10.6 Å². The third-order valence-corrected chi connectivity index (χ3v) is 2.74. The number of hydrogen-bond donors (Lipinski definition) is 1. The first kappa shape index (κ1) is 13.5. The van der Waals surface area contributed by atoms with E-state index in [1.165, 1.54) is 6.07 Å². The van der Waals surface area contributed by atoms with Gasteiger partial charge in [-0.3, -0.25) is 0 Å². The molecule has 0 aliphatic rings. The van der Waals surface area contributed by atoms with E-state index in [0.29, 0.717) is 19.6 Å². The van der Waals surface area contributed by atoms with E-state index >= 15 is 0 Å². The van der Waals surface area contributed by atoms with Crippen molar-refractivity contribution < 1.29 is 14.0 Å². The van der Waals surface area contributed by atoms with Crippen LogP contribution in [0.1, 0.15) is 11.1 Å². The molecule has 4 heteroatoms. The first-order valence-corrected chi connectivity index (χ1v) is 6.06. The summed E-state index contributed by atoms with van der Waals surface area (Å²) in [5, 5.41) is 0. The summed E-state index contributed by atoms with van der Waals surface area (Å²) < 4.78 is 19.2. The van der Waals surface area contributed by atoms with Gasteiger partial charge in [-0.1, -0.05) is 36.4 Å². The highest BCUT2D eigenvalue weighted by atomic mass is 19.1. The normalized spacial score (nSPS) is 10.4. The Hall–Kier alpha value is -1.91. The van der Waals surface area contributed by atoms with Gasteiger partial charge in [0.2, 0.25) is 0 Å². The zero-order valence-electron chi connectivity index (χ0n) is 10.5. The van der Waals surface area contributed by atoms with Gasteiger partial charge in [0.25, 0.3) is 0 Å². The molecule has 19 heavy (non-hydrogen) atoms. The average Bonchev–Trinajstić information content (AvgIpc) is 2.45. The molecule has 0 unspecified atom stereocenters. The van der Waals surface area contributed by atoms with E-state index in [2.05, 4.69) is 4.84 Å². The average molecular weight is 261 g/mol. The number of rotatable bonds is 6. The molecular formula is C15H16FNO2. The summed E-state index contributed by atoms with van der Waals surface area (Å²) in [4.78, 5) is 4.47. The Morgan fingerprint density at radius 2 is 1.79 bits per heavy atom. The van der Waals surface area contributed by atoms with Gasteiger partial charge < -0.3 is 9.57 Å². The van der Waals surface area contributed by atoms with E-state index in [-0.39, 0.29) is 11.6 Å². The van der Waals surface area contributed by atoms with Gasteiger partial charge >= 0.3 is 0 Å². The largest absolute Gasteiger partial charge is 0.486 e. The van der Waals surface area contributed by atoms with E-state index < -0.39 is 0 Å². The van der Waals surface area contributed by atoms with Crippen molar-refractivity contribution in [2.24, 2.45) is 5.90 Å². The molecule has 0 aliphatic carbocycles. The monoisotopic (exact) mass is 261 g/mol. The maximum Gasteiger partial charge on any atom is 0.165 e. The summed E-state index contributed by atoms with van der Waals surface area (Å²) in [6.45, 7) is 0.715. The summed E-state index contributed by atoms with van der Waals surface area (Å²) in [7, 11) is 0. The van der Waals surface area contributed by atoms with Gasteiger partial charge in [0, 0.05) is 0 Å². The van der Waals surface area contributed by atoms with Crippen molar-refractivity contribution in [2.75, 3.05) is 6.61 Å². The molecule has 0 spiro atoms.